The molecule has 37 heavy (non-hydrogen) atoms. The third-order valence-electron chi connectivity index (χ3n) is 6.69. The molecule has 4 nitrogen and oxygen atoms in total. The Morgan fingerprint density at radius 1 is 0.811 bits per heavy atom. The van der Waals surface area contributed by atoms with Crippen LogP contribution in [0.2, 0.25) is 0 Å². The molecule has 0 aliphatic heterocycles. The van der Waals surface area contributed by atoms with Crippen molar-refractivity contribution in [2.45, 2.75) is 73.1 Å². The first-order valence-electron chi connectivity index (χ1n) is 13.1. The van der Waals surface area contributed by atoms with E-state index < -0.39 is 5.97 Å². The molecule has 0 aliphatic rings. The van der Waals surface area contributed by atoms with E-state index in [0.29, 0.717) is 17.7 Å². The number of hydrogen-bond donors (Lipinski definition) is 1. The predicted octanol–water partition coefficient (Wildman–Crippen LogP) is 8.70. The summed E-state index contributed by atoms with van der Waals surface area (Å²) in [6.45, 7) is 15.5. The highest BCUT2D eigenvalue weighted by Gasteiger charge is 2.33. The van der Waals surface area contributed by atoms with Crippen molar-refractivity contribution in [3.05, 3.63) is 82.9 Å². The van der Waals surface area contributed by atoms with Crippen LogP contribution in [-0.4, -0.2) is 23.7 Å². The number of rotatable bonds is 9. The molecule has 0 fully saturated rings. The Bertz CT molecular complexity index is 1280. The molecule has 0 aromatic heterocycles. The van der Waals surface area contributed by atoms with Gasteiger partial charge in [-0.15, -0.1) is 0 Å². The van der Waals surface area contributed by atoms with Gasteiger partial charge >= 0.3 is 11.9 Å². The molecule has 0 amide bonds. The summed E-state index contributed by atoms with van der Waals surface area (Å²) in [6.07, 6.45) is 2.64. The molecule has 0 radical (unpaired) electrons. The second kappa shape index (κ2) is 11.3. The Morgan fingerprint density at radius 3 is 1.95 bits per heavy atom. The van der Waals surface area contributed by atoms with Crippen LogP contribution in [-0.2, 0) is 10.2 Å². The number of aryl methyl sites for hydroxylation is 1. The van der Waals surface area contributed by atoms with Gasteiger partial charge in [-0.1, -0.05) is 96.5 Å². The smallest absolute Gasteiger partial charge is 0.338 e. The number of esters is 1. The lowest BCUT2D eigenvalue weighted by atomic mass is 9.68. The molecule has 0 atom stereocenters. The fourth-order valence-corrected chi connectivity index (χ4v) is 5.47. The third kappa shape index (κ3) is 6.49. The summed E-state index contributed by atoms with van der Waals surface area (Å²) >= 11 is 0. The maximum absolute atomic E-state index is 13.2. The molecule has 4 heteroatoms. The van der Waals surface area contributed by atoms with Crippen molar-refractivity contribution in [2.75, 3.05) is 6.61 Å². The van der Waals surface area contributed by atoms with Gasteiger partial charge in [0.05, 0.1) is 17.7 Å². The largest absolute Gasteiger partial charge is 0.478 e. The first kappa shape index (κ1) is 28.2. The Hall–Kier alpha value is -3.40. The molecule has 0 aliphatic carbocycles. The van der Waals surface area contributed by atoms with Crippen LogP contribution in [0.5, 0.6) is 0 Å². The van der Waals surface area contributed by atoms with E-state index in [1.54, 1.807) is 18.2 Å². The first-order valence-corrected chi connectivity index (χ1v) is 13.1. The average molecular weight is 501 g/mol. The van der Waals surface area contributed by atoms with E-state index in [1.165, 1.54) is 0 Å². The molecule has 3 rings (SSSR count). The Labute approximate surface area is 221 Å². The minimum Gasteiger partial charge on any atom is -0.478 e. The zero-order chi connectivity index (χ0) is 27.4. The predicted molar refractivity (Wildman–Crippen MR) is 151 cm³/mol. The Balaban J connectivity index is 2.40. The number of unbranched alkanes of at least 4 members (excludes halogenated alkanes) is 1. The second-order valence-electron chi connectivity index (χ2n) is 11.7. The monoisotopic (exact) mass is 500 g/mol. The highest BCUT2D eigenvalue weighted by molar-refractivity contribution is 6.04. The highest BCUT2D eigenvalue weighted by Crippen LogP contribution is 2.47. The molecule has 0 heterocycles. The number of carboxylic acids is 1. The summed E-state index contributed by atoms with van der Waals surface area (Å²) in [7, 11) is 0. The van der Waals surface area contributed by atoms with Gasteiger partial charge in [0.1, 0.15) is 0 Å². The van der Waals surface area contributed by atoms with E-state index in [2.05, 4.69) is 53.7 Å². The van der Waals surface area contributed by atoms with Gasteiger partial charge in [-0.3, -0.25) is 0 Å². The zero-order valence-electron chi connectivity index (χ0n) is 23.3. The van der Waals surface area contributed by atoms with Crippen molar-refractivity contribution >= 4 is 11.9 Å². The van der Waals surface area contributed by atoms with Crippen LogP contribution in [0.25, 0.3) is 22.3 Å². The number of carboxylic acid groups (broad SMARTS) is 1. The molecular weight excluding hydrogens is 460 g/mol. The number of aromatic carboxylic acids is 1. The van der Waals surface area contributed by atoms with Gasteiger partial charge in [0.25, 0.3) is 0 Å². The lowest BCUT2D eigenvalue weighted by Crippen LogP contribution is -2.26. The van der Waals surface area contributed by atoms with Gasteiger partial charge in [-0.2, -0.15) is 0 Å². The van der Waals surface area contributed by atoms with E-state index in [4.69, 9.17) is 4.74 Å². The molecule has 1 N–H and O–H groups in total. The van der Waals surface area contributed by atoms with Gasteiger partial charge < -0.3 is 9.84 Å². The van der Waals surface area contributed by atoms with Crippen LogP contribution in [0.1, 0.15) is 92.6 Å². The summed E-state index contributed by atoms with van der Waals surface area (Å²) < 4.78 is 5.61. The van der Waals surface area contributed by atoms with Crippen LogP contribution in [0.4, 0.5) is 0 Å². The lowest BCUT2D eigenvalue weighted by molar-refractivity contribution is 0.0500. The number of carbonyl (C=O) groups excluding carboxylic acids is 1. The van der Waals surface area contributed by atoms with Crippen LogP contribution in [0.15, 0.2) is 60.7 Å². The molecule has 0 saturated heterocycles. The van der Waals surface area contributed by atoms with Crippen molar-refractivity contribution in [3.8, 4) is 22.3 Å². The van der Waals surface area contributed by atoms with E-state index in [0.717, 1.165) is 47.1 Å². The summed E-state index contributed by atoms with van der Waals surface area (Å²) in [6, 6.07) is 18.8. The van der Waals surface area contributed by atoms with Crippen LogP contribution < -0.4 is 0 Å². The maximum Gasteiger partial charge on any atom is 0.338 e. The zero-order valence-corrected chi connectivity index (χ0v) is 23.3. The standard InChI is InChI=1S/C33H40O4/c1-8-9-20-37-31(36)26-17-13-11-15-24(26)28-22(2)18-19-27(33(6,7)21-32(3,4)5)29(28)23-14-10-12-16-25(23)30(34)35/h10-19H,8-9,20-21H2,1-7H3,(H,34,35). The van der Waals surface area contributed by atoms with E-state index in [9.17, 15) is 14.7 Å². The van der Waals surface area contributed by atoms with Crippen LogP contribution in [0.3, 0.4) is 0 Å². The van der Waals surface area contributed by atoms with Gasteiger partial charge in [0.2, 0.25) is 0 Å². The van der Waals surface area contributed by atoms with Crippen molar-refractivity contribution in [1.29, 1.82) is 0 Å². The van der Waals surface area contributed by atoms with Crippen molar-refractivity contribution < 1.29 is 19.4 Å². The second-order valence-corrected chi connectivity index (χ2v) is 11.7. The number of carbonyl (C=O) groups is 2. The topological polar surface area (TPSA) is 63.6 Å². The van der Waals surface area contributed by atoms with Gasteiger partial charge in [-0.25, -0.2) is 9.59 Å². The quantitative estimate of drug-likeness (QED) is 0.236. The maximum atomic E-state index is 13.2. The van der Waals surface area contributed by atoms with Crippen molar-refractivity contribution in [1.82, 2.24) is 0 Å². The highest BCUT2D eigenvalue weighted by atomic mass is 16.5. The fourth-order valence-electron chi connectivity index (χ4n) is 5.47. The minimum absolute atomic E-state index is 0.0547. The van der Waals surface area contributed by atoms with E-state index in [-0.39, 0.29) is 22.4 Å². The minimum atomic E-state index is -0.977. The summed E-state index contributed by atoms with van der Waals surface area (Å²) in [5.74, 6) is -1.34. The molecule has 3 aromatic carbocycles. The Kier molecular flexibility index (Phi) is 8.63. The van der Waals surface area contributed by atoms with Gasteiger partial charge in [0, 0.05) is 0 Å². The summed E-state index contributed by atoms with van der Waals surface area (Å²) in [5.41, 5.74) is 5.69. The normalized spacial score (nSPS) is 11.9. The van der Waals surface area contributed by atoms with Crippen LogP contribution in [0, 0.1) is 12.3 Å². The molecule has 0 saturated carbocycles. The van der Waals surface area contributed by atoms with Gasteiger partial charge in [-0.05, 0) is 76.1 Å². The van der Waals surface area contributed by atoms with Crippen LogP contribution >= 0.6 is 0 Å². The van der Waals surface area contributed by atoms with Crippen molar-refractivity contribution in [2.24, 2.45) is 5.41 Å². The summed E-state index contributed by atoms with van der Waals surface area (Å²) in [5, 5.41) is 10.1. The molecule has 3 aromatic rings. The number of hydrogen-bond acceptors (Lipinski definition) is 3. The number of ether oxygens (including phenoxy) is 1. The molecule has 0 bridgehead atoms. The summed E-state index contributed by atoms with van der Waals surface area (Å²) in [4.78, 5) is 25.6. The van der Waals surface area contributed by atoms with Crippen molar-refractivity contribution in [3.63, 3.8) is 0 Å². The van der Waals surface area contributed by atoms with Gasteiger partial charge in [0.15, 0.2) is 0 Å². The average Bonchev–Trinajstić information content (AvgIpc) is 2.82. The SMILES string of the molecule is CCCCOC(=O)c1ccccc1-c1c(C)ccc(C(C)(C)CC(C)(C)C)c1-c1ccccc1C(=O)O. The third-order valence-corrected chi connectivity index (χ3v) is 6.69. The molecule has 0 unspecified atom stereocenters. The molecular formula is C33H40O4. The van der Waals surface area contributed by atoms with E-state index in [1.807, 2.05) is 37.3 Å². The molecule has 0 spiro atoms. The fraction of sp³-hybridized carbons (Fsp3) is 0.394. The first-order chi connectivity index (χ1) is 17.4. The lowest BCUT2D eigenvalue weighted by Gasteiger charge is -2.36. The Morgan fingerprint density at radius 2 is 1.38 bits per heavy atom. The number of benzene rings is 3. The van der Waals surface area contributed by atoms with E-state index >= 15 is 0 Å². The molecule has 196 valence electrons.